The Hall–Kier alpha value is -1.92. The number of nitrogens with one attached hydrogen (secondary N) is 1. The Morgan fingerprint density at radius 2 is 2.38 bits per heavy atom. The topological polar surface area (TPSA) is 56.2 Å². The van der Waals surface area contributed by atoms with E-state index in [0.717, 1.165) is 5.82 Å². The minimum Gasteiger partial charge on any atom is -0.372 e. The first-order valence-corrected chi connectivity index (χ1v) is 6.87. The van der Waals surface area contributed by atoms with Gasteiger partial charge in [0.25, 0.3) is 5.91 Å². The lowest BCUT2D eigenvalue weighted by Gasteiger charge is -2.13. The number of carbonyl (C=O) groups excluding carboxylic acids is 1. The summed E-state index contributed by atoms with van der Waals surface area (Å²) in [6.07, 6.45) is 1.71. The minimum absolute atomic E-state index is 0.219. The van der Waals surface area contributed by atoms with E-state index in [2.05, 4.69) is 10.3 Å². The fourth-order valence-electron chi connectivity index (χ4n) is 2.13. The summed E-state index contributed by atoms with van der Waals surface area (Å²) in [5.41, 5.74) is 0.993. The van der Waals surface area contributed by atoms with Crippen molar-refractivity contribution in [2.45, 2.75) is 19.7 Å². The lowest BCUT2D eigenvalue weighted by Crippen LogP contribution is -2.23. The minimum atomic E-state index is -0.406. The molecular weight excluding hydrogens is 297 g/mol. The SMILES string of the molecule is O=C(NCc1ccc(F)cc1Cl)c1cn2c(n1)COCC2. The van der Waals surface area contributed by atoms with Gasteiger partial charge in [0.15, 0.2) is 0 Å². The molecule has 2 aromatic rings. The van der Waals surface area contributed by atoms with E-state index in [-0.39, 0.29) is 17.5 Å². The molecule has 21 heavy (non-hydrogen) atoms. The first-order valence-electron chi connectivity index (χ1n) is 6.49. The molecule has 0 spiro atoms. The molecule has 0 saturated carbocycles. The van der Waals surface area contributed by atoms with Crippen molar-refractivity contribution < 1.29 is 13.9 Å². The average molecular weight is 310 g/mol. The van der Waals surface area contributed by atoms with Crippen LogP contribution in [0.5, 0.6) is 0 Å². The van der Waals surface area contributed by atoms with E-state index in [1.807, 2.05) is 4.57 Å². The second kappa shape index (κ2) is 5.83. The zero-order valence-corrected chi connectivity index (χ0v) is 11.9. The second-order valence-electron chi connectivity index (χ2n) is 4.71. The van der Waals surface area contributed by atoms with Crippen LogP contribution >= 0.6 is 11.6 Å². The van der Waals surface area contributed by atoms with Gasteiger partial charge in [0, 0.05) is 24.3 Å². The van der Waals surface area contributed by atoms with E-state index in [9.17, 15) is 9.18 Å². The summed E-state index contributed by atoms with van der Waals surface area (Å²) in [7, 11) is 0. The number of hydrogen-bond donors (Lipinski definition) is 1. The van der Waals surface area contributed by atoms with Gasteiger partial charge in [0.2, 0.25) is 0 Å². The summed E-state index contributed by atoms with van der Waals surface area (Å²) in [6, 6.07) is 4.07. The fraction of sp³-hybridized carbons (Fsp3) is 0.286. The number of ether oxygens (including phenoxy) is 1. The molecule has 2 heterocycles. The van der Waals surface area contributed by atoms with Gasteiger partial charge in [-0.1, -0.05) is 17.7 Å². The van der Waals surface area contributed by atoms with Crippen LogP contribution < -0.4 is 5.32 Å². The van der Waals surface area contributed by atoms with Gasteiger partial charge < -0.3 is 14.6 Å². The fourth-order valence-corrected chi connectivity index (χ4v) is 2.36. The summed E-state index contributed by atoms with van der Waals surface area (Å²) >= 11 is 5.91. The number of fused-ring (bicyclic) bond motifs is 1. The third-order valence-electron chi connectivity index (χ3n) is 3.25. The van der Waals surface area contributed by atoms with Crippen molar-refractivity contribution in [3.8, 4) is 0 Å². The van der Waals surface area contributed by atoms with Crippen LogP contribution in [0.2, 0.25) is 5.02 Å². The molecule has 1 aromatic carbocycles. The number of amides is 1. The van der Waals surface area contributed by atoms with Crippen LogP contribution in [-0.2, 0) is 24.4 Å². The predicted molar refractivity (Wildman–Crippen MR) is 74.5 cm³/mol. The summed E-state index contributed by atoms with van der Waals surface area (Å²) in [5.74, 6) is 0.0420. The maximum absolute atomic E-state index is 12.9. The van der Waals surface area contributed by atoms with Crippen LogP contribution in [-0.4, -0.2) is 22.1 Å². The average Bonchev–Trinajstić information content (AvgIpc) is 2.90. The molecular formula is C14H13ClFN3O2. The Bertz CT molecular complexity index is 663. The molecule has 3 rings (SSSR count). The first-order chi connectivity index (χ1) is 10.1. The number of rotatable bonds is 3. The van der Waals surface area contributed by atoms with Crippen LogP contribution in [0.3, 0.4) is 0 Å². The largest absolute Gasteiger partial charge is 0.372 e. The molecule has 0 unspecified atom stereocenters. The van der Waals surface area contributed by atoms with Crippen molar-refractivity contribution in [3.05, 3.63) is 52.3 Å². The Kier molecular flexibility index (Phi) is 3.90. The Labute approximate surface area is 125 Å². The first kappa shape index (κ1) is 14.0. The Balaban J connectivity index is 1.67. The summed E-state index contributed by atoms with van der Waals surface area (Å²) in [4.78, 5) is 16.3. The van der Waals surface area contributed by atoms with Gasteiger partial charge in [-0.25, -0.2) is 9.37 Å². The summed E-state index contributed by atoms with van der Waals surface area (Å²) in [6.45, 7) is 1.95. The summed E-state index contributed by atoms with van der Waals surface area (Å²) < 4.78 is 20.1. The van der Waals surface area contributed by atoms with Crippen LogP contribution in [0, 0.1) is 5.82 Å². The van der Waals surface area contributed by atoms with Crippen molar-refractivity contribution >= 4 is 17.5 Å². The molecule has 1 N–H and O–H groups in total. The van der Waals surface area contributed by atoms with Gasteiger partial charge in [0.05, 0.1) is 6.61 Å². The third kappa shape index (κ3) is 3.06. The molecule has 1 aliphatic heterocycles. The monoisotopic (exact) mass is 309 g/mol. The molecule has 0 radical (unpaired) electrons. The molecule has 0 fully saturated rings. The maximum atomic E-state index is 12.9. The lowest BCUT2D eigenvalue weighted by molar-refractivity contribution is 0.0816. The number of imidazole rings is 1. The highest BCUT2D eigenvalue weighted by atomic mass is 35.5. The predicted octanol–water partition coefficient (Wildman–Crippen LogP) is 2.14. The molecule has 0 aliphatic carbocycles. The number of hydrogen-bond acceptors (Lipinski definition) is 3. The standard InChI is InChI=1S/C14H13ClFN3O2/c15-11-5-10(16)2-1-9(11)6-17-14(20)12-7-19-3-4-21-8-13(19)18-12/h1-2,5,7H,3-4,6,8H2,(H,17,20). The van der Waals surface area contributed by atoms with Gasteiger partial charge in [0.1, 0.15) is 23.9 Å². The van der Waals surface area contributed by atoms with Crippen LogP contribution in [0.1, 0.15) is 21.9 Å². The zero-order valence-electron chi connectivity index (χ0n) is 11.1. The Morgan fingerprint density at radius 3 is 3.14 bits per heavy atom. The third-order valence-corrected chi connectivity index (χ3v) is 3.61. The molecule has 5 nitrogen and oxygen atoms in total. The number of halogens is 2. The number of nitrogens with zero attached hydrogens (tertiary/aromatic N) is 2. The second-order valence-corrected chi connectivity index (χ2v) is 5.11. The molecule has 0 bridgehead atoms. The van der Waals surface area contributed by atoms with E-state index < -0.39 is 5.82 Å². The van der Waals surface area contributed by atoms with E-state index in [1.165, 1.54) is 12.1 Å². The molecule has 110 valence electrons. The quantitative estimate of drug-likeness (QED) is 0.945. The van der Waals surface area contributed by atoms with E-state index in [0.29, 0.717) is 31.0 Å². The molecule has 0 saturated heterocycles. The smallest absolute Gasteiger partial charge is 0.271 e. The maximum Gasteiger partial charge on any atom is 0.271 e. The molecule has 1 aromatic heterocycles. The number of benzene rings is 1. The molecule has 7 heteroatoms. The van der Waals surface area contributed by atoms with Crippen molar-refractivity contribution in [1.82, 2.24) is 14.9 Å². The van der Waals surface area contributed by atoms with Crippen molar-refractivity contribution in [2.75, 3.05) is 6.61 Å². The zero-order chi connectivity index (χ0) is 14.8. The lowest BCUT2D eigenvalue weighted by atomic mass is 10.2. The highest BCUT2D eigenvalue weighted by molar-refractivity contribution is 6.31. The van der Waals surface area contributed by atoms with Gasteiger partial charge in [-0.3, -0.25) is 4.79 Å². The van der Waals surface area contributed by atoms with Crippen molar-refractivity contribution in [1.29, 1.82) is 0 Å². The van der Waals surface area contributed by atoms with Crippen molar-refractivity contribution in [3.63, 3.8) is 0 Å². The van der Waals surface area contributed by atoms with Gasteiger partial charge in [-0.2, -0.15) is 0 Å². The van der Waals surface area contributed by atoms with E-state index in [1.54, 1.807) is 12.3 Å². The van der Waals surface area contributed by atoms with E-state index >= 15 is 0 Å². The highest BCUT2D eigenvalue weighted by Crippen LogP contribution is 2.17. The number of carbonyl (C=O) groups is 1. The van der Waals surface area contributed by atoms with Gasteiger partial charge in [-0.15, -0.1) is 0 Å². The van der Waals surface area contributed by atoms with Crippen molar-refractivity contribution in [2.24, 2.45) is 0 Å². The van der Waals surface area contributed by atoms with Crippen LogP contribution in [0.25, 0.3) is 0 Å². The normalized spacial score (nSPS) is 13.8. The van der Waals surface area contributed by atoms with E-state index in [4.69, 9.17) is 16.3 Å². The Morgan fingerprint density at radius 1 is 1.52 bits per heavy atom. The summed E-state index contributed by atoms with van der Waals surface area (Å²) in [5, 5.41) is 3.01. The van der Waals surface area contributed by atoms with Gasteiger partial charge >= 0.3 is 0 Å². The number of aromatic nitrogens is 2. The highest BCUT2D eigenvalue weighted by Gasteiger charge is 2.17. The van der Waals surface area contributed by atoms with Crippen LogP contribution in [0.4, 0.5) is 4.39 Å². The molecule has 1 amide bonds. The molecule has 1 aliphatic rings. The van der Waals surface area contributed by atoms with Crippen LogP contribution in [0.15, 0.2) is 24.4 Å². The van der Waals surface area contributed by atoms with Gasteiger partial charge in [-0.05, 0) is 17.7 Å². The molecule has 0 atom stereocenters.